The van der Waals surface area contributed by atoms with Gasteiger partial charge in [-0.1, -0.05) is 6.07 Å². The number of rotatable bonds is 5. The lowest BCUT2D eigenvalue weighted by molar-refractivity contribution is 0.0942. The fourth-order valence-electron chi connectivity index (χ4n) is 2.61. The number of nitrogens with one attached hydrogen (secondary N) is 1. The van der Waals surface area contributed by atoms with Gasteiger partial charge in [0, 0.05) is 12.1 Å². The molecule has 1 amide bonds. The third-order valence-corrected chi connectivity index (χ3v) is 3.97. The Morgan fingerprint density at radius 1 is 1.17 bits per heavy atom. The van der Waals surface area contributed by atoms with Gasteiger partial charge in [-0.3, -0.25) is 4.79 Å². The lowest BCUT2D eigenvalue weighted by Gasteiger charge is -2.25. The van der Waals surface area contributed by atoms with Gasteiger partial charge >= 0.3 is 0 Å². The van der Waals surface area contributed by atoms with Gasteiger partial charge in [0.15, 0.2) is 11.5 Å². The van der Waals surface area contributed by atoms with Crippen LogP contribution in [0.4, 0.5) is 4.39 Å². The van der Waals surface area contributed by atoms with Crippen LogP contribution in [-0.4, -0.2) is 38.2 Å². The second-order valence-corrected chi connectivity index (χ2v) is 5.81. The predicted octanol–water partition coefficient (Wildman–Crippen LogP) is 2.59. The van der Waals surface area contributed by atoms with Crippen LogP contribution in [0.15, 0.2) is 42.5 Å². The number of carbonyl (C=O) groups is 1. The van der Waals surface area contributed by atoms with Gasteiger partial charge < -0.3 is 19.7 Å². The highest BCUT2D eigenvalue weighted by Gasteiger charge is 2.20. The third kappa shape index (κ3) is 3.49. The van der Waals surface area contributed by atoms with Crippen LogP contribution >= 0.6 is 0 Å². The number of hydrogen-bond donors (Lipinski definition) is 1. The molecule has 0 spiro atoms. The van der Waals surface area contributed by atoms with Crippen LogP contribution in [0.1, 0.15) is 22.0 Å². The zero-order valence-corrected chi connectivity index (χ0v) is 13.6. The van der Waals surface area contributed by atoms with E-state index in [1.165, 1.54) is 24.3 Å². The lowest BCUT2D eigenvalue weighted by atomic mass is 10.0. The number of ether oxygens (including phenoxy) is 2. The minimum absolute atomic E-state index is 0.0242. The first-order valence-corrected chi connectivity index (χ1v) is 7.64. The molecule has 1 aliphatic rings. The van der Waals surface area contributed by atoms with Crippen molar-refractivity contribution in [2.45, 2.75) is 6.04 Å². The number of hydrogen-bond acceptors (Lipinski definition) is 4. The molecular weight excluding hydrogens is 311 g/mol. The predicted molar refractivity (Wildman–Crippen MR) is 87.7 cm³/mol. The van der Waals surface area contributed by atoms with Crippen molar-refractivity contribution < 1.29 is 18.7 Å². The van der Waals surface area contributed by atoms with Crippen molar-refractivity contribution in [2.75, 3.05) is 27.4 Å². The van der Waals surface area contributed by atoms with E-state index < -0.39 is 0 Å². The van der Waals surface area contributed by atoms with E-state index in [1.807, 2.05) is 37.2 Å². The molecule has 0 fully saturated rings. The van der Waals surface area contributed by atoms with Gasteiger partial charge in [0.1, 0.15) is 5.82 Å². The maximum absolute atomic E-state index is 12.9. The summed E-state index contributed by atoms with van der Waals surface area (Å²) in [5, 5.41) is 2.89. The van der Waals surface area contributed by atoms with Crippen molar-refractivity contribution in [2.24, 2.45) is 0 Å². The summed E-state index contributed by atoms with van der Waals surface area (Å²) < 4.78 is 23.7. The summed E-state index contributed by atoms with van der Waals surface area (Å²) in [6.45, 7) is 0.648. The molecule has 24 heavy (non-hydrogen) atoms. The second kappa shape index (κ2) is 6.88. The fraction of sp³-hybridized carbons (Fsp3) is 0.278. The van der Waals surface area contributed by atoms with Gasteiger partial charge in [0.2, 0.25) is 6.79 Å². The average molecular weight is 330 g/mol. The summed E-state index contributed by atoms with van der Waals surface area (Å²) >= 11 is 0. The fourth-order valence-corrected chi connectivity index (χ4v) is 2.61. The van der Waals surface area contributed by atoms with Crippen molar-refractivity contribution in [1.82, 2.24) is 10.2 Å². The largest absolute Gasteiger partial charge is 0.454 e. The van der Waals surface area contributed by atoms with E-state index in [9.17, 15) is 9.18 Å². The number of benzene rings is 2. The number of carbonyl (C=O) groups excluding carboxylic acids is 1. The van der Waals surface area contributed by atoms with Crippen LogP contribution in [0.3, 0.4) is 0 Å². The lowest BCUT2D eigenvalue weighted by Crippen LogP contribution is -2.34. The van der Waals surface area contributed by atoms with Gasteiger partial charge in [-0.15, -0.1) is 0 Å². The summed E-state index contributed by atoms with van der Waals surface area (Å²) in [4.78, 5) is 14.2. The standard InChI is InChI=1S/C18H19FN2O3/c1-21(2)15(13-5-8-16-17(9-13)24-11-23-16)10-20-18(22)12-3-6-14(19)7-4-12/h3-9,15H,10-11H2,1-2H3,(H,20,22). The molecular formula is C18H19FN2O3. The number of fused-ring (bicyclic) bond motifs is 1. The van der Waals surface area contributed by atoms with E-state index in [2.05, 4.69) is 5.32 Å². The highest BCUT2D eigenvalue weighted by molar-refractivity contribution is 5.94. The molecule has 2 aromatic rings. The van der Waals surface area contributed by atoms with Crippen molar-refractivity contribution in [3.05, 3.63) is 59.4 Å². The molecule has 0 bridgehead atoms. The van der Waals surface area contributed by atoms with Crippen LogP contribution in [0, 0.1) is 5.82 Å². The van der Waals surface area contributed by atoms with E-state index in [-0.39, 0.29) is 24.6 Å². The molecule has 0 saturated carbocycles. The molecule has 3 rings (SSSR count). The summed E-state index contributed by atoms with van der Waals surface area (Å²) in [6.07, 6.45) is 0. The molecule has 1 heterocycles. The molecule has 1 atom stereocenters. The maximum Gasteiger partial charge on any atom is 0.251 e. The monoisotopic (exact) mass is 330 g/mol. The van der Waals surface area contributed by atoms with Gasteiger partial charge in [-0.05, 0) is 56.1 Å². The smallest absolute Gasteiger partial charge is 0.251 e. The van der Waals surface area contributed by atoms with Crippen molar-refractivity contribution in [3.63, 3.8) is 0 Å². The number of nitrogens with zero attached hydrogens (tertiary/aromatic N) is 1. The number of halogens is 1. The van der Waals surface area contributed by atoms with Crippen LogP contribution in [0.2, 0.25) is 0 Å². The van der Waals surface area contributed by atoms with Gasteiger partial charge in [0.05, 0.1) is 6.04 Å². The Kier molecular flexibility index (Phi) is 4.66. The normalized spacial score (nSPS) is 13.8. The van der Waals surface area contributed by atoms with Crippen molar-refractivity contribution in [3.8, 4) is 11.5 Å². The molecule has 6 heteroatoms. The zero-order valence-electron chi connectivity index (χ0n) is 13.6. The Bertz CT molecular complexity index is 732. The third-order valence-electron chi connectivity index (χ3n) is 3.97. The molecule has 1 aliphatic heterocycles. The first kappa shape index (κ1) is 16.3. The van der Waals surface area contributed by atoms with Crippen molar-refractivity contribution in [1.29, 1.82) is 0 Å². The Hall–Kier alpha value is -2.60. The molecule has 0 aromatic heterocycles. The second-order valence-electron chi connectivity index (χ2n) is 5.81. The molecule has 0 aliphatic carbocycles. The zero-order chi connectivity index (χ0) is 17.1. The number of amides is 1. The number of likely N-dealkylation sites (N-methyl/N-ethyl adjacent to an activating group) is 1. The topological polar surface area (TPSA) is 50.8 Å². The summed E-state index contributed by atoms with van der Waals surface area (Å²) in [7, 11) is 3.89. The molecule has 1 N–H and O–H groups in total. The van der Waals surface area contributed by atoms with E-state index >= 15 is 0 Å². The molecule has 0 saturated heterocycles. The molecule has 5 nitrogen and oxygen atoms in total. The molecule has 126 valence electrons. The van der Waals surface area contributed by atoms with Gasteiger partial charge in [-0.25, -0.2) is 4.39 Å². The highest BCUT2D eigenvalue weighted by atomic mass is 19.1. The minimum atomic E-state index is -0.363. The molecule has 2 aromatic carbocycles. The summed E-state index contributed by atoms with van der Waals surface area (Å²) in [5.41, 5.74) is 1.45. The summed E-state index contributed by atoms with van der Waals surface area (Å²) in [5.74, 6) is 0.844. The quantitative estimate of drug-likeness (QED) is 0.915. The van der Waals surface area contributed by atoms with Crippen LogP contribution in [0.25, 0.3) is 0 Å². The Labute approximate surface area is 140 Å². The first-order valence-electron chi connectivity index (χ1n) is 7.64. The van der Waals surface area contributed by atoms with E-state index in [1.54, 1.807) is 0 Å². The van der Waals surface area contributed by atoms with E-state index in [0.717, 1.165) is 11.3 Å². The van der Waals surface area contributed by atoms with Gasteiger partial charge in [-0.2, -0.15) is 0 Å². The first-order chi connectivity index (χ1) is 11.5. The van der Waals surface area contributed by atoms with E-state index in [0.29, 0.717) is 17.9 Å². The maximum atomic E-state index is 12.9. The van der Waals surface area contributed by atoms with Crippen LogP contribution in [-0.2, 0) is 0 Å². The molecule has 1 unspecified atom stereocenters. The summed E-state index contributed by atoms with van der Waals surface area (Å²) in [6, 6.07) is 11.2. The minimum Gasteiger partial charge on any atom is -0.454 e. The van der Waals surface area contributed by atoms with E-state index in [4.69, 9.17) is 9.47 Å². The SMILES string of the molecule is CN(C)C(CNC(=O)c1ccc(F)cc1)c1ccc2c(c1)OCO2. The Morgan fingerprint density at radius 2 is 1.88 bits per heavy atom. The van der Waals surface area contributed by atoms with Crippen molar-refractivity contribution >= 4 is 5.91 Å². The van der Waals surface area contributed by atoms with Gasteiger partial charge in [0.25, 0.3) is 5.91 Å². The van der Waals surface area contributed by atoms with Crippen LogP contribution < -0.4 is 14.8 Å². The highest BCUT2D eigenvalue weighted by Crippen LogP contribution is 2.34. The molecule has 0 radical (unpaired) electrons. The Balaban J connectivity index is 1.70. The Morgan fingerprint density at radius 3 is 2.58 bits per heavy atom. The van der Waals surface area contributed by atoms with Crippen LogP contribution in [0.5, 0.6) is 11.5 Å². The average Bonchev–Trinajstić information content (AvgIpc) is 3.03.